The number of carboxylic acid groups (broad SMARTS) is 1. The molecule has 0 aromatic heterocycles. The highest BCUT2D eigenvalue weighted by atomic mass is 16.4. The van der Waals surface area contributed by atoms with Crippen LogP contribution >= 0.6 is 0 Å². The fourth-order valence-electron chi connectivity index (χ4n) is 2.03. The number of carboxylic acids is 1. The summed E-state index contributed by atoms with van der Waals surface area (Å²) < 4.78 is 0. The van der Waals surface area contributed by atoms with E-state index in [2.05, 4.69) is 0 Å². The monoisotopic (exact) mass is 185 g/mol. The van der Waals surface area contributed by atoms with Gasteiger partial charge in [-0.05, 0) is 31.8 Å². The fraction of sp³-hybridized carbons (Fsp3) is 0.900. The number of hydrogen-bond donors (Lipinski definition) is 1. The van der Waals surface area contributed by atoms with Crippen LogP contribution in [0, 0.1) is 5.92 Å². The standard InChI is InChI=1S/C10H19NO2/c1-3-11(4-2)9(10(12)13)8-6-5-7-8/h8-9H,3-7H2,1-2H3,(H,12,13). The summed E-state index contributed by atoms with van der Waals surface area (Å²) in [5.41, 5.74) is 0. The average Bonchev–Trinajstić information content (AvgIpc) is 2.01. The van der Waals surface area contributed by atoms with Gasteiger partial charge in [0.25, 0.3) is 0 Å². The van der Waals surface area contributed by atoms with Gasteiger partial charge >= 0.3 is 5.97 Å². The molecule has 1 aliphatic rings. The molecule has 1 atom stereocenters. The maximum atomic E-state index is 11.1. The van der Waals surface area contributed by atoms with Crippen LogP contribution in [0.3, 0.4) is 0 Å². The molecule has 1 N–H and O–H groups in total. The van der Waals surface area contributed by atoms with Gasteiger partial charge in [0, 0.05) is 0 Å². The first-order valence-corrected chi connectivity index (χ1v) is 5.17. The molecule has 1 aliphatic carbocycles. The van der Waals surface area contributed by atoms with Gasteiger partial charge in [0.1, 0.15) is 6.04 Å². The summed E-state index contributed by atoms with van der Waals surface area (Å²) in [7, 11) is 0. The lowest BCUT2D eigenvalue weighted by molar-refractivity contribution is -0.146. The first-order chi connectivity index (χ1) is 6.20. The Morgan fingerprint density at radius 2 is 2.00 bits per heavy atom. The summed E-state index contributed by atoms with van der Waals surface area (Å²) in [6.07, 6.45) is 3.39. The molecular weight excluding hydrogens is 166 g/mol. The van der Waals surface area contributed by atoms with Crippen LogP contribution in [0.4, 0.5) is 0 Å². The van der Waals surface area contributed by atoms with Crippen molar-refractivity contribution in [2.24, 2.45) is 5.92 Å². The number of aliphatic carboxylic acids is 1. The SMILES string of the molecule is CCN(CC)C(C(=O)O)C1CCC1. The largest absolute Gasteiger partial charge is 0.480 e. The van der Waals surface area contributed by atoms with Crippen molar-refractivity contribution in [1.29, 1.82) is 0 Å². The van der Waals surface area contributed by atoms with Crippen LogP contribution in [0.25, 0.3) is 0 Å². The van der Waals surface area contributed by atoms with Crippen molar-refractivity contribution in [2.75, 3.05) is 13.1 Å². The van der Waals surface area contributed by atoms with Crippen LogP contribution < -0.4 is 0 Å². The molecule has 0 radical (unpaired) electrons. The average molecular weight is 185 g/mol. The van der Waals surface area contributed by atoms with E-state index in [1.54, 1.807) is 0 Å². The maximum Gasteiger partial charge on any atom is 0.321 e. The molecule has 1 saturated carbocycles. The van der Waals surface area contributed by atoms with E-state index in [9.17, 15) is 4.79 Å². The number of nitrogens with zero attached hydrogens (tertiary/aromatic N) is 1. The third-order valence-corrected chi connectivity index (χ3v) is 3.06. The Morgan fingerprint density at radius 3 is 2.23 bits per heavy atom. The van der Waals surface area contributed by atoms with E-state index in [-0.39, 0.29) is 6.04 Å². The van der Waals surface area contributed by atoms with Crippen LogP contribution in [0.15, 0.2) is 0 Å². The number of carbonyl (C=O) groups is 1. The van der Waals surface area contributed by atoms with Crippen molar-refractivity contribution in [3.8, 4) is 0 Å². The van der Waals surface area contributed by atoms with Gasteiger partial charge in [-0.2, -0.15) is 0 Å². The molecule has 0 heterocycles. The predicted octanol–water partition coefficient (Wildman–Crippen LogP) is 1.58. The van der Waals surface area contributed by atoms with E-state index in [1.165, 1.54) is 6.42 Å². The zero-order valence-corrected chi connectivity index (χ0v) is 8.49. The lowest BCUT2D eigenvalue weighted by Crippen LogP contribution is -2.48. The minimum atomic E-state index is -0.645. The molecule has 13 heavy (non-hydrogen) atoms. The summed E-state index contributed by atoms with van der Waals surface area (Å²) in [6, 6.07) is -0.233. The smallest absolute Gasteiger partial charge is 0.321 e. The van der Waals surface area contributed by atoms with Crippen molar-refractivity contribution in [3.05, 3.63) is 0 Å². The van der Waals surface area contributed by atoms with Gasteiger partial charge in [-0.25, -0.2) is 0 Å². The van der Waals surface area contributed by atoms with Crippen molar-refractivity contribution in [1.82, 2.24) is 4.90 Å². The molecule has 0 bridgehead atoms. The van der Waals surface area contributed by atoms with Crippen LogP contribution in [-0.4, -0.2) is 35.1 Å². The van der Waals surface area contributed by atoms with Crippen molar-refractivity contribution >= 4 is 5.97 Å². The first-order valence-electron chi connectivity index (χ1n) is 5.17. The summed E-state index contributed by atoms with van der Waals surface area (Å²) in [5.74, 6) is -0.245. The molecule has 1 fully saturated rings. The molecule has 3 heteroatoms. The summed E-state index contributed by atoms with van der Waals surface area (Å²) >= 11 is 0. The molecule has 0 saturated heterocycles. The van der Waals surface area contributed by atoms with Crippen molar-refractivity contribution < 1.29 is 9.90 Å². The maximum absolute atomic E-state index is 11.1. The molecule has 0 spiro atoms. The second-order valence-corrected chi connectivity index (χ2v) is 3.70. The molecular formula is C10H19NO2. The lowest BCUT2D eigenvalue weighted by Gasteiger charge is -2.37. The predicted molar refractivity (Wildman–Crippen MR) is 51.7 cm³/mol. The molecule has 3 nitrogen and oxygen atoms in total. The molecule has 76 valence electrons. The molecule has 0 aliphatic heterocycles. The Hall–Kier alpha value is -0.570. The third-order valence-electron chi connectivity index (χ3n) is 3.06. The van der Waals surface area contributed by atoms with Gasteiger partial charge in [0.2, 0.25) is 0 Å². The zero-order valence-electron chi connectivity index (χ0n) is 8.49. The van der Waals surface area contributed by atoms with Crippen LogP contribution in [0.5, 0.6) is 0 Å². The Labute approximate surface area is 79.7 Å². The molecule has 1 unspecified atom stereocenters. The Morgan fingerprint density at radius 1 is 1.46 bits per heavy atom. The Balaban J connectivity index is 2.59. The third kappa shape index (κ3) is 2.21. The van der Waals surface area contributed by atoms with E-state index in [4.69, 9.17) is 5.11 Å². The molecule has 0 aromatic rings. The fourth-order valence-corrected chi connectivity index (χ4v) is 2.03. The highest BCUT2D eigenvalue weighted by molar-refractivity contribution is 5.74. The van der Waals surface area contributed by atoms with Crippen molar-refractivity contribution in [3.63, 3.8) is 0 Å². The Kier molecular flexibility index (Phi) is 3.72. The van der Waals surface area contributed by atoms with Gasteiger partial charge in [0.15, 0.2) is 0 Å². The molecule has 1 rings (SSSR count). The highest BCUT2D eigenvalue weighted by Gasteiger charge is 2.35. The van der Waals surface area contributed by atoms with E-state index in [0.29, 0.717) is 5.92 Å². The lowest BCUT2D eigenvalue weighted by atomic mass is 9.79. The first kappa shape index (κ1) is 10.5. The van der Waals surface area contributed by atoms with Gasteiger partial charge in [-0.1, -0.05) is 20.3 Å². The van der Waals surface area contributed by atoms with E-state index in [0.717, 1.165) is 25.9 Å². The van der Waals surface area contributed by atoms with Crippen LogP contribution in [0.1, 0.15) is 33.1 Å². The van der Waals surface area contributed by atoms with Crippen LogP contribution in [-0.2, 0) is 4.79 Å². The van der Waals surface area contributed by atoms with Gasteiger partial charge in [-0.3, -0.25) is 9.69 Å². The highest BCUT2D eigenvalue weighted by Crippen LogP contribution is 2.32. The second kappa shape index (κ2) is 4.61. The van der Waals surface area contributed by atoms with E-state index in [1.807, 2.05) is 18.7 Å². The normalized spacial score (nSPS) is 19.9. The quantitative estimate of drug-likeness (QED) is 0.707. The van der Waals surface area contributed by atoms with Gasteiger partial charge in [0.05, 0.1) is 0 Å². The Bertz CT molecular complexity index is 174. The van der Waals surface area contributed by atoms with E-state index >= 15 is 0 Å². The summed E-state index contributed by atoms with van der Waals surface area (Å²) in [6.45, 7) is 5.73. The number of likely N-dealkylation sites (N-methyl/N-ethyl adjacent to an activating group) is 1. The second-order valence-electron chi connectivity index (χ2n) is 3.70. The molecule has 0 amide bonds. The zero-order chi connectivity index (χ0) is 9.84. The van der Waals surface area contributed by atoms with Gasteiger partial charge < -0.3 is 5.11 Å². The number of hydrogen-bond acceptors (Lipinski definition) is 2. The van der Waals surface area contributed by atoms with Crippen molar-refractivity contribution in [2.45, 2.75) is 39.2 Å². The topological polar surface area (TPSA) is 40.5 Å². The summed E-state index contributed by atoms with van der Waals surface area (Å²) in [5, 5.41) is 9.10. The van der Waals surface area contributed by atoms with Crippen LogP contribution in [0.2, 0.25) is 0 Å². The van der Waals surface area contributed by atoms with E-state index < -0.39 is 5.97 Å². The number of rotatable bonds is 5. The minimum absolute atomic E-state index is 0.233. The van der Waals surface area contributed by atoms with Gasteiger partial charge in [-0.15, -0.1) is 0 Å². The minimum Gasteiger partial charge on any atom is -0.480 e. The molecule has 0 aromatic carbocycles. The summed E-state index contributed by atoms with van der Waals surface area (Å²) in [4.78, 5) is 13.1.